The normalized spacial score (nSPS) is 32.6. The molecule has 0 bridgehead atoms. The summed E-state index contributed by atoms with van der Waals surface area (Å²) in [5.74, 6) is 0.142. The van der Waals surface area contributed by atoms with E-state index in [0.29, 0.717) is 19.6 Å². The number of amides is 1. The summed E-state index contributed by atoms with van der Waals surface area (Å²) in [7, 11) is 0. The average Bonchev–Trinajstić information content (AvgIpc) is 3.08. The van der Waals surface area contributed by atoms with Crippen molar-refractivity contribution in [3.63, 3.8) is 0 Å². The number of rotatable bonds is 3. The van der Waals surface area contributed by atoms with Gasteiger partial charge in [0.25, 0.3) is 0 Å². The van der Waals surface area contributed by atoms with E-state index in [2.05, 4.69) is 0 Å². The van der Waals surface area contributed by atoms with E-state index in [4.69, 9.17) is 15.6 Å². The first-order valence-corrected chi connectivity index (χ1v) is 5.87. The molecule has 92 valence electrons. The highest BCUT2D eigenvalue weighted by Gasteiger charge is 2.51. The van der Waals surface area contributed by atoms with Crippen LogP contribution in [0.3, 0.4) is 0 Å². The third-order valence-corrected chi connectivity index (χ3v) is 3.52. The zero-order chi connectivity index (χ0) is 11.8. The molecule has 1 heterocycles. The molecule has 1 saturated carbocycles. The van der Waals surface area contributed by atoms with E-state index in [0.717, 1.165) is 12.8 Å². The molecule has 0 radical (unpaired) electrons. The second-order valence-corrected chi connectivity index (χ2v) is 4.95. The molecule has 2 unspecified atom stereocenters. The highest BCUT2D eigenvalue weighted by Crippen LogP contribution is 2.46. The number of aliphatic hydroxyl groups excluding tert-OH is 1. The fraction of sp³-hybridized carbons (Fsp3) is 0.909. The Morgan fingerprint density at radius 3 is 2.75 bits per heavy atom. The number of ether oxygens (including phenoxy) is 1. The van der Waals surface area contributed by atoms with Crippen LogP contribution in [0.5, 0.6) is 0 Å². The number of nitrogens with two attached hydrogens (primary N) is 1. The minimum absolute atomic E-state index is 0.0107. The molecule has 1 aliphatic heterocycles. The second kappa shape index (κ2) is 4.31. The van der Waals surface area contributed by atoms with E-state index in [1.54, 1.807) is 4.90 Å². The summed E-state index contributed by atoms with van der Waals surface area (Å²) in [5, 5.41) is 9.10. The molecule has 5 heteroatoms. The molecule has 2 aliphatic rings. The average molecular weight is 228 g/mol. The van der Waals surface area contributed by atoms with Crippen LogP contribution < -0.4 is 5.73 Å². The van der Waals surface area contributed by atoms with Crippen molar-refractivity contribution in [3.05, 3.63) is 0 Å². The Morgan fingerprint density at radius 2 is 2.25 bits per heavy atom. The Labute approximate surface area is 95.5 Å². The largest absolute Gasteiger partial charge is 0.394 e. The predicted octanol–water partition coefficient (Wildman–Crippen LogP) is -0.666. The summed E-state index contributed by atoms with van der Waals surface area (Å²) in [6.07, 6.45) is 1.54. The van der Waals surface area contributed by atoms with Gasteiger partial charge in [-0.3, -0.25) is 4.79 Å². The van der Waals surface area contributed by atoms with Crippen LogP contribution in [-0.4, -0.2) is 54.4 Å². The Hall–Kier alpha value is -0.650. The van der Waals surface area contributed by atoms with E-state index < -0.39 is 0 Å². The smallest absolute Gasteiger partial charge is 0.230 e. The van der Waals surface area contributed by atoms with E-state index in [1.807, 2.05) is 6.92 Å². The van der Waals surface area contributed by atoms with Gasteiger partial charge in [-0.25, -0.2) is 0 Å². The van der Waals surface area contributed by atoms with Gasteiger partial charge < -0.3 is 20.5 Å². The zero-order valence-electron chi connectivity index (χ0n) is 9.69. The fourth-order valence-corrected chi connectivity index (χ4v) is 2.30. The lowest BCUT2D eigenvalue weighted by atomic mass is 10.0. The van der Waals surface area contributed by atoms with Crippen LogP contribution in [0.2, 0.25) is 0 Å². The van der Waals surface area contributed by atoms with Crippen LogP contribution >= 0.6 is 0 Å². The van der Waals surface area contributed by atoms with Gasteiger partial charge in [0.1, 0.15) is 0 Å². The highest BCUT2D eigenvalue weighted by atomic mass is 16.5. The molecule has 2 atom stereocenters. The summed E-state index contributed by atoms with van der Waals surface area (Å²) in [4.78, 5) is 14.0. The number of morpholine rings is 1. The van der Waals surface area contributed by atoms with Gasteiger partial charge in [0.15, 0.2) is 0 Å². The minimum atomic E-state index is -0.295. The van der Waals surface area contributed by atoms with E-state index >= 15 is 0 Å². The van der Waals surface area contributed by atoms with Gasteiger partial charge in [-0.15, -0.1) is 0 Å². The molecule has 0 spiro atoms. The maximum absolute atomic E-state index is 12.2. The first-order valence-electron chi connectivity index (χ1n) is 5.87. The first-order chi connectivity index (χ1) is 7.61. The molecular weight excluding hydrogens is 208 g/mol. The second-order valence-electron chi connectivity index (χ2n) is 4.95. The van der Waals surface area contributed by atoms with Crippen LogP contribution in [0.1, 0.15) is 19.8 Å². The van der Waals surface area contributed by atoms with Crippen molar-refractivity contribution in [2.45, 2.75) is 32.0 Å². The maximum atomic E-state index is 12.2. The molecule has 1 amide bonds. The molecule has 0 aromatic rings. The van der Waals surface area contributed by atoms with Gasteiger partial charge in [-0.2, -0.15) is 0 Å². The quantitative estimate of drug-likeness (QED) is 0.672. The van der Waals surface area contributed by atoms with Gasteiger partial charge in [0.05, 0.1) is 24.2 Å². The molecule has 2 rings (SSSR count). The van der Waals surface area contributed by atoms with Crippen molar-refractivity contribution in [1.29, 1.82) is 0 Å². The van der Waals surface area contributed by atoms with E-state index in [9.17, 15) is 4.79 Å². The first kappa shape index (κ1) is 11.8. The molecule has 16 heavy (non-hydrogen) atoms. The Balaban J connectivity index is 2.00. The molecule has 1 aliphatic carbocycles. The van der Waals surface area contributed by atoms with Crippen LogP contribution in [0.25, 0.3) is 0 Å². The zero-order valence-corrected chi connectivity index (χ0v) is 9.69. The van der Waals surface area contributed by atoms with Crippen molar-refractivity contribution in [1.82, 2.24) is 4.90 Å². The van der Waals surface area contributed by atoms with Crippen LogP contribution in [-0.2, 0) is 9.53 Å². The number of carbonyl (C=O) groups is 1. The predicted molar refractivity (Wildman–Crippen MR) is 58.7 cm³/mol. The van der Waals surface area contributed by atoms with Gasteiger partial charge >= 0.3 is 0 Å². The van der Waals surface area contributed by atoms with Crippen LogP contribution in [0.15, 0.2) is 0 Å². The molecule has 3 N–H and O–H groups in total. The molecule has 0 aromatic carbocycles. The number of hydrogen-bond donors (Lipinski definition) is 2. The number of nitrogens with zero attached hydrogens (tertiary/aromatic N) is 1. The number of aliphatic hydroxyl groups is 1. The topological polar surface area (TPSA) is 75.8 Å². The third kappa shape index (κ3) is 2.07. The SMILES string of the molecule is CC1CN(C(=O)C2(CN)CC2)CC(CO)O1. The van der Waals surface area contributed by atoms with Crippen LogP contribution in [0.4, 0.5) is 0 Å². The number of hydrogen-bond acceptors (Lipinski definition) is 4. The molecule has 5 nitrogen and oxygen atoms in total. The maximum Gasteiger partial charge on any atom is 0.230 e. The Kier molecular flexibility index (Phi) is 3.19. The lowest BCUT2D eigenvalue weighted by Crippen LogP contribution is -2.53. The fourth-order valence-electron chi connectivity index (χ4n) is 2.30. The standard InChI is InChI=1S/C11H20N2O3/c1-8-4-13(5-9(6-14)16-8)10(15)11(7-12)2-3-11/h8-9,14H,2-7,12H2,1H3. The Bertz CT molecular complexity index is 278. The summed E-state index contributed by atoms with van der Waals surface area (Å²) < 4.78 is 5.51. The molecule has 0 aromatic heterocycles. The summed E-state index contributed by atoms with van der Waals surface area (Å²) in [6.45, 7) is 3.41. The third-order valence-electron chi connectivity index (χ3n) is 3.52. The van der Waals surface area contributed by atoms with Crippen molar-refractivity contribution >= 4 is 5.91 Å². The van der Waals surface area contributed by atoms with Crippen LogP contribution in [0, 0.1) is 5.41 Å². The lowest BCUT2D eigenvalue weighted by Gasteiger charge is -2.37. The van der Waals surface area contributed by atoms with Crippen molar-refractivity contribution < 1.29 is 14.6 Å². The summed E-state index contributed by atoms with van der Waals surface area (Å²) >= 11 is 0. The minimum Gasteiger partial charge on any atom is -0.394 e. The Morgan fingerprint density at radius 1 is 1.56 bits per heavy atom. The van der Waals surface area contributed by atoms with Crippen molar-refractivity contribution in [2.75, 3.05) is 26.2 Å². The van der Waals surface area contributed by atoms with Gasteiger partial charge in [-0.05, 0) is 19.8 Å². The van der Waals surface area contributed by atoms with Gasteiger partial charge in [0.2, 0.25) is 5.91 Å². The summed E-state index contributed by atoms with van der Waals surface area (Å²) in [6, 6.07) is 0. The summed E-state index contributed by atoms with van der Waals surface area (Å²) in [5.41, 5.74) is 5.36. The van der Waals surface area contributed by atoms with Gasteiger partial charge in [0, 0.05) is 19.6 Å². The molecule has 2 fully saturated rings. The van der Waals surface area contributed by atoms with E-state index in [1.165, 1.54) is 0 Å². The van der Waals surface area contributed by atoms with Crippen molar-refractivity contribution in [3.8, 4) is 0 Å². The molecule has 1 saturated heterocycles. The monoisotopic (exact) mass is 228 g/mol. The highest BCUT2D eigenvalue weighted by molar-refractivity contribution is 5.85. The number of carbonyl (C=O) groups excluding carboxylic acids is 1. The van der Waals surface area contributed by atoms with E-state index in [-0.39, 0.29) is 30.1 Å². The van der Waals surface area contributed by atoms with Gasteiger partial charge in [-0.1, -0.05) is 0 Å². The molecular formula is C11H20N2O3. The van der Waals surface area contributed by atoms with Crippen molar-refractivity contribution in [2.24, 2.45) is 11.1 Å². The lowest BCUT2D eigenvalue weighted by molar-refractivity contribution is -0.152.